The van der Waals surface area contributed by atoms with Crippen LogP contribution in [0.1, 0.15) is 19.3 Å². The van der Waals surface area contributed by atoms with Gasteiger partial charge >= 0.3 is 0 Å². The molecule has 0 bridgehead atoms. The topological polar surface area (TPSA) is 0 Å². The van der Waals surface area contributed by atoms with Crippen LogP contribution in [0, 0.1) is 0 Å². The average Bonchev–Trinajstić information content (AvgIpc) is 1.56. The molecule has 0 atom stereocenters. The molecule has 0 amide bonds. The highest BCUT2D eigenvalue weighted by Crippen LogP contribution is 2.25. The third kappa shape index (κ3) is 2.69. The van der Waals surface area contributed by atoms with Gasteiger partial charge in [-0.3, -0.25) is 0 Å². The van der Waals surface area contributed by atoms with Gasteiger partial charge in [-0.25, -0.2) is 0 Å². The number of allylic oxidation sites excluding steroid dienone is 2. The van der Waals surface area contributed by atoms with Crippen LogP contribution in [0.4, 0.5) is 0 Å². The molecule has 0 aromatic carbocycles. The lowest BCUT2D eigenvalue weighted by Crippen LogP contribution is -2.19. The van der Waals surface area contributed by atoms with Crippen LogP contribution in [0.3, 0.4) is 0 Å². The molecule has 0 spiro atoms. The smallest absolute Gasteiger partial charge is 0.0445 e. The molecule has 0 radical (unpaired) electrons. The van der Waals surface area contributed by atoms with Crippen molar-refractivity contribution in [1.29, 1.82) is 0 Å². The summed E-state index contributed by atoms with van der Waals surface area (Å²) in [5.41, 5.74) is 1.72. The molecule has 0 unspecified atom stereocenters. The lowest BCUT2D eigenvalue weighted by Gasteiger charge is -2.20. The summed E-state index contributed by atoms with van der Waals surface area (Å²) >= 11 is 0. The monoisotopic (exact) mass is 154 g/mol. The Hall–Kier alpha value is -0.0431. The number of rotatable bonds is 3. The van der Waals surface area contributed by atoms with Crippen molar-refractivity contribution in [2.75, 3.05) is 0 Å². The lowest BCUT2D eigenvalue weighted by molar-refractivity contribution is 0.810. The third-order valence-electron chi connectivity index (χ3n) is 2.09. The molecule has 0 heterocycles. The summed E-state index contributed by atoms with van der Waals surface area (Å²) < 4.78 is 0. The molecule has 10 heavy (non-hydrogen) atoms. The lowest BCUT2D eigenvalue weighted by atomic mass is 9.97. The van der Waals surface area contributed by atoms with Crippen molar-refractivity contribution >= 4 is 8.07 Å². The fourth-order valence-corrected chi connectivity index (χ4v) is 2.18. The summed E-state index contributed by atoms with van der Waals surface area (Å²) in [7, 11) is -0.743. The molecule has 1 aliphatic rings. The average molecular weight is 154 g/mol. The molecular weight excluding hydrogens is 136 g/mol. The maximum Gasteiger partial charge on any atom is 0.0445 e. The van der Waals surface area contributed by atoms with Crippen LogP contribution in [0.2, 0.25) is 25.7 Å². The fraction of sp³-hybridized carbons (Fsp3) is 0.778. The normalized spacial score (nSPS) is 18.1. The zero-order chi connectivity index (χ0) is 7.61. The Balaban J connectivity index is 2.16. The van der Waals surface area contributed by atoms with Gasteiger partial charge in [0, 0.05) is 8.07 Å². The van der Waals surface area contributed by atoms with E-state index >= 15 is 0 Å². The van der Waals surface area contributed by atoms with Crippen molar-refractivity contribution in [2.45, 2.75) is 44.9 Å². The molecule has 1 rings (SSSR count). The summed E-state index contributed by atoms with van der Waals surface area (Å²) in [5.74, 6) is 0. The van der Waals surface area contributed by atoms with Gasteiger partial charge in [0.05, 0.1) is 0 Å². The van der Waals surface area contributed by atoms with Crippen LogP contribution in [-0.2, 0) is 0 Å². The van der Waals surface area contributed by atoms with E-state index in [2.05, 4.69) is 25.7 Å². The second-order valence-electron chi connectivity index (χ2n) is 4.46. The van der Waals surface area contributed by atoms with Crippen LogP contribution in [-0.4, -0.2) is 8.07 Å². The highest BCUT2D eigenvalue weighted by Gasteiger charge is 2.14. The van der Waals surface area contributed by atoms with Gasteiger partial charge in [-0.05, 0) is 19.3 Å². The van der Waals surface area contributed by atoms with Crippen LogP contribution in [0.5, 0.6) is 0 Å². The minimum Gasteiger partial charge on any atom is -0.0850 e. The molecule has 0 aromatic heterocycles. The molecule has 0 nitrogen and oxygen atoms in total. The SMILES string of the molecule is C[Si](C)(C)CCC1=CCC1. The maximum absolute atomic E-state index is 2.45. The summed E-state index contributed by atoms with van der Waals surface area (Å²) in [6.45, 7) is 7.35. The van der Waals surface area contributed by atoms with Gasteiger partial charge in [0.15, 0.2) is 0 Å². The zero-order valence-electron chi connectivity index (χ0n) is 7.41. The first-order valence-electron chi connectivity index (χ1n) is 4.26. The van der Waals surface area contributed by atoms with Gasteiger partial charge in [0.25, 0.3) is 0 Å². The first-order valence-corrected chi connectivity index (χ1v) is 7.96. The summed E-state index contributed by atoms with van der Waals surface area (Å²) in [6, 6.07) is 1.48. The highest BCUT2D eigenvalue weighted by molar-refractivity contribution is 6.76. The Morgan fingerprint density at radius 2 is 2.00 bits per heavy atom. The Kier molecular flexibility index (Phi) is 2.35. The van der Waals surface area contributed by atoms with E-state index in [0.717, 1.165) is 0 Å². The Bertz CT molecular complexity index is 139. The Morgan fingerprint density at radius 3 is 2.30 bits per heavy atom. The molecule has 1 aliphatic carbocycles. The molecule has 0 aliphatic heterocycles. The first kappa shape index (κ1) is 8.06. The van der Waals surface area contributed by atoms with Crippen molar-refractivity contribution in [3.05, 3.63) is 11.6 Å². The molecule has 0 fully saturated rings. The molecule has 0 saturated carbocycles. The fourth-order valence-electron chi connectivity index (χ4n) is 1.11. The predicted octanol–water partition coefficient (Wildman–Crippen LogP) is 3.43. The molecule has 0 N–H and O–H groups in total. The second kappa shape index (κ2) is 2.91. The largest absolute Gasteiger partial charge is 0.0850 e. The molecule has 0 saturated heterocycles. The Labute approximate surface area is 65.3 Å². The Morgan fingerprint density at radius 1 is 1.40 bits per heavy atom. The van der Waals surface area contributed by atoms with E-state index in [1.165, 1.54) is 25.3 Å². The van der Waals surface area contributed by atoms with Crippen LogP contribution in [0.25, 0.3) is 0 Å². The van der Waals surface area contributed by atoms with Gasteiger partial charge < -0.3 is 0 Å². The first-order chi connectivity index (χ1) is 4.58. The van der Waals surface area contributed by atoms with Crippen molar-refractivity contribution in [1.82, 2.24) is 0 Å². The zero-order valence-corrected chi connectivity index (χ0v) is 8.41. The van der Waals surface area contributed by atoms with E-state index in [1.807, 2.05) is 0 Å². The van der Waals surface area contributed by atoms with Crippen molar-refractivity contribution < 1.29 is 0 Å². The number of hydrogen-bond donors (Lipinski definition) is 0. The van der Waals surface area contributed by atoms with E-state index in [1.54, 1.807) is 5.57 Å². The van der Waals surface area contributed by atoms with Gasteiger partial charge in [0.2, 0.25) is 0 Å². The maximum atomic E-state index is 2.45. The molecule has 0 aromatic rings. The van der Waals surface area contributed by atoms with E-state index in [9.17, 15) is 0 Å². The van der Waals surface area contributed by atoms with Crippen molar-refractivity contribution in [2.24, 2.45) is 0 Å². The van der Waals surface area contributed by atoms with E-state index in [-0.39, 0.29) is 0 Å². The molecule has 58 valence electrons. The van der Waals surface area contributed by atoms with E-state index in [4.69, 9.17) is 0 Å². The highest BCUT2D eigenvalue weighted by atomic mass is 28.3. The molecule has 1 heteroatoms. The van der Waals surface area contributed by atoms with E-state index in [0.29, 0.717) is 0 Å². The second-order valence-corrected chi connectivity index (χ2v) is 10.1. The van der Waals surface area contributed by atoms with Crippen molar-refractivity contribution in [3.8, 4) is 0 Å². The van der Waals surface area contributed by atoms with Gasteiger partial charge in [-0.15, -0.1) is 0 Å². The summed E-state index contributed by atoms with van der Waals surface area (Å²) in [5, 5.41) is 0. The summed E-state index contributed by atoms with van der Waals surface area (Å²) in [6.07, 6.45) is 6.54. The third-order valence-corrected chi connectivity index (χ3v) is 3.84. The van der Waals surface area contributed by atoms with Crippen LogP contribution in [0.15, 0.2) is 11.6 Å². The van der Waals surface area contributed by atoms with Crippen LogP contribution < -0.4 is 0 Å². The quantitative estimate of drug-likeness (QED) is 0.431. The van der Waals surface area contributed by atoms with Gasteiger partial charge in [0.1, 0.15) is 0 Å². The molecular formula is C9H18Si. The summed E-state index contributed by atoms with van der Waals surface area (Å²) in [4.78, 5) is 0. The number of hydrogen-bond acceptors (Lipinski definition) is 0. The van der Waals surface area contributed by atoms with Crippen molar-refractivity contribution in [3.63, 3.8) is 0 Å². The van der Waals surface area contributed by atoms with Gasteiger partial charge in [-0.2, -0.15) is 0 Å². The predicted molar refractivity (Wildman–Crippen MR) is 50.1 cm³/mol. The standard InChI is InChI=1S/C9H18Si/c1-10(2,3)8-7-9-5-4-6-9/h5H,4,6-8H2,1-3H3. The minimum absolute atomic E-state index is 0.743. The van der Waals surface area contributed by atoms with Crippen LogP contribution >= 0.6 is 0 Å². The minimum atomic E-state index is -0.743. The van der Waals surface area contributed by atoms with E-state index < -0.39 is 8.07 Å². The van der Waals surface area contributed by atoms with Gasteiger partial charge in [-0.1, -0.05) is 37.3 Å².